The first-order valence-corrected chi connectivity index (χ1v) is 5.74. The lowest BCUT2D eigenvalue weighted by Gasteiger charge is -2.15. The molecule has 2 nitrogen and oxygen atoms in total. The van der Waals surface area contributed by atoms with Gasteiger partial charge >= 0.3 is 0 Å². The van der Waals surface area contributed by atoms with Crippen LogP contribution in [-0.2, 0) is 4.74 Å². The van der Waals surface area contributed by atoms with Crippen molar-refractivity contribution in [2.75, 3.05) is 7.05 Å². The summed E-state index contributed by atoms with van der Waals surface area (Å²) in [6.07, 6.45) is 0.0930. The predicted molar refractivity (Wildman–Crippen MR) is 69.6 cm³/mol. The summed E-state index contributed by atoms with van der Waals surface area (Å²) in [5, 5.41) is 0.693. The summed E-state index contributed by atoms with van der Waals surface area (Å²) < 4.78 is 5.65. The zero-order valence-corrected chi connectivity index (χ0v) is 11.2. The van der Waals surface area contributed by atoms with Crippen LogP contribution < -0.4 is 0 Å². The Morgan fingerprint density at radius 3 is 2.38 bits per heavy atom. The van der Waals surface area contributed by atoms with E-state index in [9.17, 15) is 0 Å². The maximum absolute atomic E-state index is 6.23. The number of hydrogen-bond donors (Lipinski definition) is 0. The van der Waals surface area contributed by atoms with Crippen molar-refractivity contribution in [2.24, 2.45) is 4.99 Å². The molecule has 0 saturated heterocycles. The molecule has 0 bridgehead atoms. The van der Waals surface area contributed by atoms with E-state index in [1.807, 2.05) is 33.8 Å². The van der Waals surface area contributed by atoms with Crippen LogP contribution >= 0.6 is 11.6 Å². The van der Waals surface area contributed by atoms with Crippen LogP contribution in [0.2, 0.25) is 5.02 Å². The molecule has 0 atom stereocenters. The Hall–Kier alpha value is -1.02. The normalized spacial score (nSPS) is 12.1. The summed E-state index contributed by atoms with van der Waals surface area (Å²) in [7, 11) is 1.72. The van der Waals surface area contributed by atoms with Crippen molar-refractivity contribution in [3.8, 4) is 0 Å². The van der Waals surface area contributed by atoms with Crippen LogP contribution in [0.1, 0.15) is 30.5 Å². The standard InChI is InChI=1S/C13H18ClNO/c1-8(2)16-13(15-5)12-10(4)6-9(3)7-11(12)14/h6-8H,1-5H3. The molecule has 0 radical (unpaired) electrons. The second-order valence-corrected chi connectivity index (χ2v) is 4.54. The lowest BCUT2D eigenvalue weighted by atomic mass is 10.1. The van der Waals surface area contributed by atoms with E-state index >= 15 is 0 Å². The fourth-order valence-corrected chi connectivity index (χ4v) is 2.04. The maximum Gasteiger partial charge on any atom is 0.217 e. The van der Waals surface area contributed by atoms with Crippen molar-refractivity contribution in [3.05, 3.63) is 33.8 Å². The van der Waals surface area contributed by atoms with Gasteiger partial charge in [0.1, 0.15) is 0 Å². The smallest absolute Gasteiger partial charge is 0.217 e. The van der Waals surface area contributed by atoms with E-state index in [4.69, 9.17) is 16.3 Å². The highest BCUT2D eigenvalue weighted by atomic mass is 35.5. The Labute approximate surface area is 102 Å². The second-order valence-electron chi connectivity index (χ2n) is 4.13. The van der Waals surface area contributed by atoms with Gasteiger partial charge in [-0.3, -0.25) is 4.99 Å². The number of nitrogens with zero attached hydrogens (tertiary/aromatic N) is 1. The van der Waals surface area contributed by atoms with Crippen molar-refractivity contribution in [1.29, 1.82) is 0 Å². The molecule has 0 heterocycles. The zero-order chi connectivity index (χ0) is 12.3. The molecule has 0 fully saturated rings. The molecule has 0 saturated carbocycles. The Balaban J connectivity index is 3.21. The van der Waals surface area contributed by atoms with Gasteiger partial charge in [0.15, 0.2) is 0 Å². The van der Waals surface area contributed by atoms with Crippen LogP contribution in [0.4, 0.5) is 0 Å². The molecule has 0 spiro atoms. The van der Waals surface area contributed by atoms with Gasteiger partial charge in [-0.05, 0) is 44.9 Å². The average Bonchev–Trinajstić information content (AvgIpc) is 2.13. The molecule has 0 aliphatic carbocycles. The van der Waals surface area contributed by atoms with Gasteiger partial charge < -0.3 is 4.74 Å². The van der Waals surface area contributed by atoms with E-state index in [0.29, 0.717) is 10.9 Å². The van der Waals surface area contributed by atoms with Crippen LogP contribution in [0.5, 0.6) is 0 Å². The molecule has 0 unspecified atom stereocenters. The Morgan fingerprint density at radius 1 is 1.31 bits per heavy atom. The molecule has 0 amide bonds. The van der Waals surface area contributed by atoms with Gasteiger partial charge in [-0.15, -0.1) is 0 Å². The molecular weight excluding hydrogens is 222 g/mol. The highest BCUT2D eigenvalue weighted by molar-refractivity contribution is 6.34. The van der Waals surface area contributed by atoms with Gasteiger partial charge in [-0.25, -0.2) is 0 Å². The minimum absolute atomic E-state index is 0.0930. The number of aliphatic imine (C=N–C) groups is 1. The van der Waals surface area contributed by atoms with E-state index in [0.717, 1.165) is 16.7 Å². The van der Waals surface area contributed by atoms with E-state index in [1.165, 1.54) is 0 Å². The summed E-state index contributed by atoms with van der Waals surface area (Å²) in [4.78, 5) is 4.16. The van der Waals surface area contributed by atoms with Crippen LogP contribution in [-0.4, -0.2) is 19.0 Å². The largest absolute Gasteiger partial charge is 0.475 e. The van der Waals surface area contributed by atoms with Gasteiger partial charge in [0.25, 0.3) is 0 Å². The third-order valence-corrected chi connectivity index (χ3v) is 2.49. The zero-order valence-electron chi connectivity index (χ0n) is 10.5. The molecular formula is C13H18ClNO. The van der Waals surface area contributed by atoms with Crippen molar-refractivity contribution < 1.29 is 4.74 Å². The van der Waals surface area contributed by atoms with Crippen LogP contribution in [0.3, 0.4) is 0 Å². The molecule has 1 rings (SSSR count). The second kappa shape index (κ2) is 5.35. The Morgan fingerprint density at radius 2 is 1.94 bits per heavy atom. The third-order valence-electron chi connectivity index (χ3n) is 2.20. The van der Waals surface area contributed by atoms with Crippen molar-refractivity contribution in [2.45, 2.75) is 33.8 Å². The summed E-state index contributed by atoms with van der Waals surface area (Å²) in [6.45, 7) is 7.99. The Kier molecular flexibility index (Phi) is 4.36. The minimum Gasteiger partial charge on any atom is -0.475 e. The molecule has 0 aromatic heterocycles. The molecule has 1 aromatic carbocycles. The predicted octanol–water partition coefficient (Wildman–Crippen LogP) is 3.76. The van der Waals surface area contributed by atoms with Gasteiger partial charge in [-0.2, -0.15) is 0 Å². The third kappa shape index (κ3) is 2.99. The quantitative estimate of drug-likeness (QED) is 0.569. The molecule has 88 valence electrons. The van der Waals surface area contributed by atoms with E-state index in [-0.39, 0.29) is 6.10 Å². The fraction of sp³-hybridized carbons (Fsp3) is 0.462. The van der Waals surface area contributed by atoms with Gasteiger partial charge in [0.2, 0.25) is 5.90 Å². The number of rotatable bonds is 2. The summed E-state index contributed by atoms with van der Waals surface area (Å²) in [5.41, 5.74) is 3.13. The fourth-order valence-electron chi connectivity index (χ4n) is 1.63. The number of ether oxygens (including phenoxy) is 1. The maximum atomic E-state index is 6.23. The topological polar surface area (TPSA) is 21.6 Å². The lowest BCUT2D eigenvalue weighted by Crippen LogP contribution is -2.14. The first kappa shape index (κ1) is 13.0. The van der Waals surface area contributed by atoms with Gasteiger partial charge in [0.05, 0.1) is 16.7 Å². The molecule has 0 aliphatic heterocycles. The van der Waals surface area contributed by atoms with Gasteiger partial charge in [-0.1, -0.05) is 17.7 Å². The van der Waals surface area contributed by atoms with Crippen molar-refractivity contribution in [3.63, 3.8) is 0 Å². The number of halogens is 1. The molecule has 3 heteroatoms. The number of aryl methyl sites for hydroxylation is 2. The van der Waals surface area contributed by atoms with Crippen LogP contribution in [0, 0.1) is 13.8 Å². The number of hydrogen-bond acceptors (Lipinski definition) is 2. The minimum atomic E-state index is 0.0930. The molecule has 1 aromatic rings. The van der Waals surface area contributed by atoms with Crippen molar-refractivity contribution >= 4 is 17.5 Å². The highest BCUT2D eigenvalue weighted by Gasteiger charge is 2.14. The first-order valence-electron chi connectivity index (χ1n) is 5.36. The molecule has 0 aliphatic rings. The summed E-state index contributed by atoms with van der Waals surface area (Å²) >= 11 is 6.23. The lowest BCUT2D eigenvalue weighted by molar-refractivity contribution is 0.229. The first-order chi connectivity index (χ1) is 7.45. The highest BCUT2D eigenvalue weighted by Crippen LogP contribution is 2.23. The summed E-state index contributed by atoms with van der Waals surface area (Å²) in [6, 6.07) is 4.01. The summed E-state index contributed by atoms with van der Waals surface area (Å²) in [5.74, 6) is 0.609. The number of benzene rings is 1. The molecule has 16 heavy (non-hydrogen) atoms. The van der Waals surface area contributed by atoms with Crippen LogP contribution in [0.15, 0.2) is 17.1 Å². The van der Waals surface area contributed by atoms with Crippen LogP contribution in [0.25, 0.3) is 0 Å². The average molecular weight is 240 g/mol. The van der Waals surface area contributed by atoms with E-state index < -0.39 is 0 Å². The van der Waals surface area contributed by atoms with E-state index in [2.05, 4.69) is 11.1 Å². The van der Waals surface area contributed by atoms with E-state index in [1.54, 1.807) is 7.05 Å². The van der Waals surface area contributed by atoms with Gasteiger partial charge in [0, 0.05) is 7.05 Å². The molecule has 0 N–H and O–H groups in total. The Bertz CT molecular complexity index is 387. The SMILES string of the molecule is CN=C(OC(C)C)c1c(C)cc(C)cc1Cl. The monoisotopic (exact) mass is 239 g/mol. The van der Waals surface area contributed by atoms with Crippen molar-refractivity contribution in [1.82, 2.24) is 0 Å².